The maximum Gasteiger partial charge on any atom is 0.221 e. The van der Waals surface area contributed by atoms with Crippen LogP contribution in [0.25, 0.3) is 0 Å². The molecule has 4 nitrogen and oxygen atoms in total. The van der Waals surface area contributed by atoms with E-state index in [9.17, 15) is 9.59 Å². The fourth-order valence-electron chi connectivity index (χ4n) is 1.10. The van der Waals surface area contributed by atoms with E-state index in [1.165, 1.54) is 13.8 Å². The first-order valence-corrected chi connectivity index (χ1v) is 4.72. The lowest BCUT2D eigenvalue weighted by Gasteiger charge is -2.09. The number of anilines is 2. The van der Waals surface area contributed by atoms with Gasteiger partial charge in [-0.1, -0.05) is 17.7 Å². The molecular formula is C10H11ClN2O2. The van der Waals surface area contributed by atoms with Gasteiger partial charge in [0, 0.05) is 13.8 Å². The minimum atomic E-state index is -0.211. The van der Waals surface area contributed by atoms with E-state index in [2.05, 4.69) is 10.6 Å². The van der Waals surface area contributed by atoms with Gasteiger partial charge in [-0.3, -0.25) is 9.59 Å². The lowest BCUT2D eigenvalue weighted by molar-refractivity contribution is -0.115. The van der Waals surface area contributed by atoms with Gasteiger partial charge in [0.05, 0.1) is 16.4 Å². The number of amides is 2. The molecule has 1 aromatic rings. The molecule has 0 aromatic heterocycles. The van der Waals surface area contributed by atoms with Crippen LogP contribution in [0, 0.1) is 0 Å². The van der Waals surface area contributed by atoms with E-state index in [-0.39, 0.29) is 11.8 Å². The Hall–Kier alpha value is -1.55. The predicted octanol–water partition coefficient (Wildman–Crippen LogP) is 2.26. The van der Waals surface area contributed by atoms with Crippen LogP contribution in [-0.2, 0) is 9.59 Å². The van der Waals surface area contributed by atoms with Crippen LogP contribution in [0.15, 0.2) is 18.2 Å². The molecule has 80 valence electrons. The van der Waals surface area contributed by atoms with Crippen molar-refractivity contribution in [2.45, 2.75) is 13.8 Å². The number of rotatable bonds is 2. The van der Waals surface area contributed by atoms with E-state index in [0.29, 0.717) is 16.4 Å². The standard InChI is InChI=1S/C10H11ClN2O2/c1-6(14)12-8-4-3-5-9(10(8)11)13-7(2)15/h3-5H,1-2H3,(H,12,14)(H,13,15). The van der Waals surface area contributed by atoms with Crippen LogP contribution in [-0.4, -0.2) is 11.8 Å². The highest BCUT2D eigenvalue weighted by atomic mass is 35.5. The van der Waals surface area contributed by atoms with E-state index in [1.807, 2.05) is 0 Å². The van der Waals surface area contributed by atoms with Gasteiger partial charge < -0.3 is 10.6 Å². The molecule has 1 aromatic carbocycles. The molecule has 0 bridgehead atoms. The fraction of sp³-hybridized carbons (Fsp3) is 0.200. The molecule has 0 aliphatic carbocycles. The number of carbonyl (C=O) groups excluding carboxylic acids is 2. The SMILES string of the molecule is CC(=O)Nc1cccc(NC(C)=O)c1Cl. The van der Waals surface area contributed by atoms with Crippen molar-refractivity contribution in [1.82, 2.24) is 0 Å². The number of nitrogens with one attached hydrogen (secondary N) is 2. The van der Waals surface area contributed by atoms with Crippen molar-refractivity contribution in [3.8, 4) is 0 Å². The van der Waals surface area contributed by atoms with Crippen LogP contribution in [0.3, 0.4) is 0 Å². The second kappa shape index (κ2) is 4.79. The van der Waals surface area contributed by atoms with Gasteiger partial charge in [0.25, 0.3) is 0 Å². The molecule has 0 fully saturated rings. The van der Waals surface area contributed by atoms with Gasteiger partial charge in [-0.2, -0.15) is 0 Å². The van der Waals surface area contributed by atoms with Crippen LogP contribution in [0.5, 0.6) is 0 Å². The van der Waals surface area contributed by atoms with Crippen molar-refractivity contribution >= 4 is 34.8 Å². The van der Waals surface area contributed by atoms with Gasteiger partial charge in [-0.05, 0) is 12.1 Å². The molecule has 0 aliphatic heterocycles. The van der Waals surface area contributed by atoms with Crippen LogP contribution < -0.4 is 10.6 Å². The lowest BCUT2D eigenvalue weighted by Crippen LogP contribution is -2.09. The molecule has 0 aliphatic rings. The van der Waals surface area contributed by atoms with Crippen molar-refractivity contribution in [2.24, 2.45) is 0 Å². The Kier molecular flexibility index (Phi) is 3.68. The fourth-order valence-corrected chi connectivity index (χ4v) is 1.32. The van der Waals surface area contributed by atoms with Crippen molar-refractivity contribution in [3.05, 3.63) is 23.2 Å². The topological polar surface area (TPSA) is 58.2 Å². The minimum Gasteiger partial charge on any atom is -0.325 e. The second-order valence-corrected chi connectivity index (χ2v) is 3.41. The number of carbonyl (C=O) groups is 2. The molecule has 0 atom stereocenters. The monoisotopic (exact) mass is 226 g/mol. The summed E-state index contributed by atoms with van der Waals surface area (Å²) < 4.78 is 0. The van der Waals surface area contributed by atoms with Crippen LogP contribution >= 0.6 is 11.6 Å². The summed E-state index contributed by atoms with van der Waals surface area (Å²) in [5.41, 5.74) is 0.964. The Morgan fingerprint density at radius 2 is 1.47 bits per heavy atom. The second-order valence-electron chi connectivity index (χ2n) is 3.03. The Bertz CT molecular complexity index is 370. The summed E-state index contributed by atoms with van der Waals surface area (Å²) in [5, 5.41) is 5.45. The molecule has 0 heterocycles. The minimum absolute atomic E-state index is 0.211. The molecule has 0 radical (unpaired) electrons. The maximum atomic E-state index is 10.8. The zero-order valence-electron chi connectivity index (χ0n) is 8.43. The molecule has 0 saturated carbocycles. The first kappa shape index (κ1) is 11.5. The van der Waals surface area contributed by atoms with Gasteiger partial charge in [0.15, 0.2) is 0 Å². The number of hydrogen-bond acceptors (Lipinski definition) is 2. The summed E-state index contributed by atoms with van der Waals surface area (Å²) in [7, 11) is 0. The van der Waals surface area contributed by atoms with Crippen LogP contribution in [0.1, 0.15) is 13.8 Å². The molecular weight excluding hydrogens is 216 g/mol. The van der Waals surface area contributed by atoms with E-state index >= 15 is 0 Å². The highest BCUT2D eigenvalue weighted by molar-refractivity contribution is 6.36. The van der Waals surface area contributed by atoms with E-state index < -0.39 is 0 Å². The zero-order chi connectivity index (χ0) is 11.4. The first-order valence-electron chi connectivity index (χ1n) is 4.34. The van der Waals surface area contributed by atoms with E-state index in [1.54, 1.807) is 18.2 Å². The summed E-state index contributed by atoms with van der Waals surface area (Å²) in [6, 6.07) is 5.02. The molecule has 0 spiro atoms. The number of hydrogen-bond donors (Lipinski definition) is 2. The largest absolute Gasteiger partial charge is 0.325 e. The van der Waals surface area contributed by atoms with Gasteiger partial charge >= 0.3 is 0 Å². The van der Waals surface area contributed by atoms with Crippen molar-refractivity contribution < 1.29 is 9.59 Å². The molecule has 2 N–H and O–H groups in total. The molecule has 0 saturated heterocycles. The Balaban J connectivity index is 2.99. The highest BCUT2D eigenvalue weighted by Gasteiger charge is 2.07. The van der Waals surface area contributed by atoms with E-state index in [0.717, 1.165) is 0 Å². The Morgan fingerprint density at radius 3 is 1.80 bits per heavy atom. The average Bonchev–Trinajstić information content (AvgIpc) is 2.10. The third-order valence-corrected chi connectivity index (χ3v) is 2.03. The van der Waals surface area contributed by atoms with Crippen molar-refractivity contribution in [2.75, 3.05) is 10.6 Å². The smallest absolute Gasteiger partial charge is 0.221 e. The Labute approximate surface area is 92.6 Å². The predicted molar refractivity (Wildman–Crippen MR) is 60.1 cm³/mol. The van der Waals surface area contributed by atoms with Crippen LogP contribution in [0.4, 0.5) is 11.4 Å². The highest BCUT2D eigenvalue weighted by Crippen LogP contribution is 2.29. The number of halogens is 1. The Morgan fingerprint density at radius 1 is 1.07 bits per heavy atom. The lowest BCUT2D eigenvalue weighted by atomic mass is 10.2. The van der Waals surface area contributed by atoms with Crippen molar-refractivity contribution in [1.29, 1.82) is 0 Å². The maximum absolute atomic E-state index is 10.8. The third kappa shape index (κ3) is 3.25. The zero-order valence-corrected chi connectivity index (χ0v) is 9.18. The number of benzene rings is 1. The first-order chi connectivity index (χ1) is 7.00. The van der Waals surface area contributed by atoms with Gasteiger partial charge in [-0.25, -0.2) is 0 Å². The average molecular weight is 227 g/mol. The van der Waals surface area contributed by atoms with E-state index in [4.69, 9.17) is 11.6 Å². The third-order valence-electron chi connectivity index (χ3n) is 1.62. The summed E-state index contributed by atoms with van der Waals surface area (Å²) in [6.45, 7) is 2.78. The van der Waals surface area contributed by atoms with Crippen molar-refractivity contribution in [3.63, 3.8) is 0 Å². The van der Waals surface area contributed by atoms with Gasteiger partial charge in [-0.15, -0.1) is 0 Å². The molecule has 15 heavy (non-hydrogen) atoms. The molecule has 2 amide bonds. The van der Waals surface area contributed by atoms with Crippen LogP contribution in [0.2, 0.25) is 5.02 Å². The van der Waals surface area contributed by atoms with Gasteiger partial charge in [0.2, 0.25) is 11.8 Å². The van der Waals surface area contributed by atoms with Gasteiger partial charge in [0.1, 0.15) is 0 Å². The summed E-state index contributed by atoms with van der Waals surface area (Å²) in [5.74, 6) is -0.422. The summed E-state index contributed by atoms with van der Waals surface area (Å²) >= 11 is 5.97. The quantitative estimate of drug-likeness (QED) is 0.813. The molecule has 5 heteroatoms. The molecule has 1 rings (SSSR count). The summed E-state index contributed by atoms with van der Waals surface area (Å²) in [6.07, 6.45) is 0. The normalized spacial score (nSPS) is 9.53. The molecule has 0 unspecified atom stereocenters. The summed E-state index contributed by atoms with van der Waals surface area (Å²) in [4.78, 5) is 21.7.